The molecule has 21 heavy (non-hydrogen) atoms. The van der Waals surface area contributed by atoms with Crippen LogP contribution in [0.4, 0.5) is 0 Å². The number of hydrogen-bond acceptors (Lipinski definition) is 5. The van der Waals surface area contributed by atoms with Gasteiger partial charge in [0.1, 0.15) is 17.1 Å². The summed E-state index contributed by atoms with van der Waals surface area (Å²) in [6.07, 6.45) is 3.86. The van der Waals surface area contributed by atoms with Gasteiger partial charge in [0.05, 0.1) is 13.2 Å². The molecular weight excluding hydrogens is 270 g/mol. The van der Waals surface area contributed by atoms with Crippen LogP contribution < -0.4 is 5.32 Å². The maximum absolute atomic E-state index is 10.5. The van der Waals surface area contributed by atoms with Crippen LogP contribution in [0.25, 0.3) is 0 Å². The standard InChI is InChI=1S/C16H25NO4/c1-12-3-4-14(21-12)15(2,18)11-17-13-5-7-16(8-6-13)19-9-10-20-16/h3-4,13,17-18H,5-11H2,1-2H3/t15-/m0/s1. The van der Waals surface area contributed by atoms with Gasteiger partial charge in [-0.1, -0.05) is 0 Å². The molecule has 2 fully saturated rings. The van der Waals surface area contributed by atoms with Gasteiger partial charge in [-0.05, 0) is 38.8 Å². The number of furan rings is 1. The molecule has 1 aromatic heterocycles. The molecule has 1 aromatic rings. The zero-order valence-electron chi connectivity index (χ0n) is 12.9. The lowest BCUT2D eigenvalue weighted by Gasteiger charge is -2.36. The highest BCUT2D eigenvalue weighted by atomic mass is 16.7. The van der Waals surface area contributed by atoms with Gasteiger partial charge in [-0.25, -0.2) is 0 Å². The molecule has 1 aliphatic heterocycles. The van der Waals surface area contributed by atoms with Gasteiger partial charge in [0.2, 0.25) is 0 Å². The molecule has 2 aliphatic rings. The van der Waals surface area contributed by atoms with Gasteiger partial charge >= 0.3 is 0 Å². The van der Waals surface area contributed by atoms with E-state index < -0.39 is 5.60 Å². The molecule has 0 amide bonds. The first-order valence-corrected chi connectivity index (χ1v) is 7.80. The number of hydrogen-bond donors (Lipinski definition) is 2. The normalized spacial score (nSPS) is 25.3. The highest BCUT2D eigenvalue weighted by molar-refractivity contribution is 5.13. The lowest BCUT2D eigenvalue weighted by atomic mass is 9.89. The highest BCUT2D eigenvalue weighted by Gasteiger charge is 2.40. The van der Waals surface area contributed by atoms with E-state index in [4.69, 9.17) is 13.9 Å². The third-order valence-corrected chi connectivity index (χ3v) is 4.57. The van der Waals surface area contributed by atoms with E-state index >= 15 is 0 Å². The van der Waals surface area contributed by atoms with E-state index in [0.717, 1.165) is 31.4 Å². The second kappa shape index (κ2) is 5.72. The first kappa shape index (κ1) is 15.0. The average molecular weight is 295 g/mol. The molecule has 1 atom stereocenters. The monoisotopic (exact) mass is 295 g/mol. The summed E-state index contributed by atoms with van der Waals surface area (Å²) in [4.78, 5) is 0. The van der Waals surface area contributed by atoms with Crippen molar-refractivity contribution in [3.63, 3.8) is 0 Å². The smallest absolute Gasteiger partial charge is 0.168 e. The average Bonchev–Trinajstić information content (AvgIpc) is 3.09. The summed E-state index contributed by atoms with van der Waals surface area (Å²) in [5.41, 5.74) is -0.982. The van der Waals surface area contributed by atoms with Crippen LogP contribution in [0, 0.1) is 6.92 Å². The van der Waals surface area contributed by atoms with Crippen molar-refractivity contribution in [2.75, 3.05) is 19.8 Å². The van der Waals surface area contributed by atoms with Crippen molar-refractivity contribution < 1.29 is 19.0 Å². The number of aliphatic hydroxyl groups is 1. The molecule has 118 valence electrons. The Morgan fingerprint density at radius 1 is 1.29 bits per heavy atom. The topological polar surface area (TPSA) is 63.9 Å². The first-order chi connectivity index (χ1) is 9.99. The number of ether oxygens (including phenoxy) is 2. The highest BCUT2D eigenvalue weighted by Crippen LogP contribution is 2.36. The van der Waals surface area contributed by atoms with Crippen LogP contribution in [0.2, 0.25) is 0 Å². The lowest BCUT2D eigenvalue weighted by molar-refractivity contribution is -0.179. The second-order valence-corrected chi connectivity index (χ2v) is 6.45. The zero-order valence-corrected chi connectivity index (χ0v) is 12.9. The minimum absolute atomic E-state index is 0.321. The second-order valence-electron chi connectivity index (χ2n) is 6.45. The predicted molar refractivity (Wildman–Crippen MR) is 77.9 cm³/mol. The van der Waals surface area contributed by atoms with E-state index in [0.29, 0.717) is 31.6 Å². The molecular formula is C16H25NO4. The lowest BCUT2D eigenvalue weighted by Crippen LogP contribution is -2.46. The first-order valence-electron chi connectivity index (χ1n) is 7.80. The summed E-state index contributed by atoms with van der Waals surface area (Å²) >= 11 is 0. The SMILES string of the molecule is Cc1ccc([C@@](C)(O)CNC2CCC3(CC2)OCCO3)o1. The molecule has 0 radical (unpaired) electrons. The summed E-state index contributed by atoms with van der Waals surface area (Å²) < 4.78 is 17.0. The van der Waals surface area contributed by atoms with E-state index in [2.05, 4.69) is 5.32 Å². The molecule has 5 heteroatoms. The third-order valence-electron chi connectivity index (χ3n) is 4.57. The van der Waals surface area contributed by atoms with E-state index in [1.165, 1.54) is 0 Å². The largest absolute Gasteiger partial charge is 0.463 e. The fourth-order valence-electron chi connectivity index (χ4n) is 3.20. The van der Waals surface area contributed by atoms with Crippen LogP contribution in [0.3, 0.4) is 0 Å². The molecule has 1 aliphatic carbocycles. The minimum atomic E-state index is -0.982. The molecule has 3 rings (SSSR count). The molecule has 1 spiro atoms. The van der Waals surface area contributed by atoms with Crippen LogP contribution in [0.15, 0.2) is 16.5 Å². The Bertz CT molecular complexity index is 466. The zero-order chi connectivity index (χ0) is 14.9. The van der Waals surface area contributed by atoms with Gasteiger partial charge in [-0.15, -0.1) is 0 Å². The van der Waals surface area contributed by atoms with Crippen LogP contribution in [0.5, 0.6) is 0 Å². The van der Waals surface area contributed by atoms with Crippen LogP contribution in [-0.4, -0.2) is 36.7 Å². The molecule has 0 unspecified atom stereocenters. The molecule has 0 bridgehead atoms. The number of rotatable bonds is 4. The maximum atomic E-state index is 10.5. The van der Waals surface area contributed by atoms with E-state index in [9.17, 15) is 5.11 Å². The van der Waals surface area contributed by atoms with Crippen molar-refractivity contribution >= 4 is 0 Å². The molecule has 5 nitrogen and oxygen atoms in total. The van der Waals surface area contributed by atoms with E-state index in [1.807, 2.05) is 19.1 Å². The van der Waals surface area contributed by atoms with Crippen LogP contribution in [-0.2, 0) is 15.1 Å². The van der Waals surface area contributed by atoms with Crippen molar-refractivity contribution in [1.82, 2.24) is 5.32 Å². The Hall–Kier alpha value is -0.880. The summed E-state index contributed by atoms with van der Waals surface area (Å²) in [7, 11) is 0. The van der Waals surface area contributed by atoms with Gasteiger partial charge in [0.15, 0.2) is 5.79 Å². The van der Waals surface area contributed by atoms with E-state index in [1.54, 1.807) is 6.92 Å². The summed E-state index contributed by atoms with van der Waals surface area (Å²) in [5, 5.41) is 14.0. The summed E-state index contributed by atoms with van der Waals surface area (Å²) in [5.74, 6) is 1.11. The number of nitrogens with one attached hydrogen (secondary N) is 1. The summed E-state index contributed by atoms with van der Waals surface area (Å²) in [6, 6.07) is 4.11. The molecule has 2 heterocycles. The Morgan fingerprint density at radius 3 is 2.52 bits per heavy atom. The van der Waals surface area contributed by atoms with Crippen molar-refractivity contribution in [3.8, 4) is 0 Å². The third kappa shape index (κ3) is 3.31. The summed E-state index contributed by atoms with van der Waals surface area (Å²) in [6.45, 7) is 5.58. The van der Waals surface area contributed by atoms with Crippen molar-refractivity contribution in [1.29, 1.82) is 0 Å². The van der Waals surface area contributed by atoms with E-state index in [-0.39, 0.29) is 5.79 Å². The molecule has 1 saturated heterocycles. The van der Waals surface area contributed by atoms with Crippen molar-refractivity contribution in [2.24, 2.45) is 0 Å². The van der Waals surface area contributed by atoms with Gasteiger partial charge in [0, 0.05) is 25.4 Å². The van der Waals surface area contributed by atoms with Gasteiger partial charge < -0.3 is 24.3 Å². The van der Waals surface area contributed by atoms with Gasteiger partial charge in [-0.2, -0.15) is 0 Å². The Balaban J connectivity index is 1.49. The number of aryl methyl sites for hydroxylation is 1. The quantitative estimate of drug-likeness (QED) is 0.890. The van der Waals surface area contributed by atoms with Crippen molar-refractivity contribution in [2.45, 2.75) is 57.0 Å². The maximum Gasteiger partial charge on any atom is 0.168 e. The predicted octanol–water partition coefficient (Wildman–Crippen LogP) is 2.07. The fourth-order valence-corrected chi connectivity index (χ4v) is 3.20. The Labute approximate surface area is 125 Å². The van der Waals surface area contributed by atoms with Crippen LogP contribution >= 0.6 is 0 Å². The Kier molecular flexibility index (Phi) is 4.10. The molecule has 0 aromatic carbocycles. The van der Waals surface area contributed by atoms with Crippen LogP contribution in [0.1, 0.15) is 44.1 Å². The fraction of sp³-hybridized carbons (Fsp3) is 0.750. The van der Waals surface area contributed by atoms with Crippen molar-refractivity contribution in [3.05, 3.63) is 23.7 Å². The molecule has 1 saturated carbocycles. The van der Waals surface area contributed by atoms with Gasteiger partial charge in [0.25, 0.3) is 0 Å². The minimum Gasteiger partial charge on any atom is -0.463 e. The molecule has 2 N–H and O–H groups in total. The Morgan fingerprint density at radius 2 is 1.95 bits per heavy atom. The van der Waals surface area contributed by atoms with Gasteiger partial charge in [-0.3, -0.25) is 0 Å².